The molecule has 7 aliphatic carbocycles. The molecule has 1 aliphatic heterocycles. The number of alkyl halides is 3. The van der Waals surface area contributed by atoms with E-state index in [-0.39, 0.29) is 83.1 Å². The highest BCUT2D eigenvalue weighted by Gasteiger charge is 2.71. The van der Waals surface area contributed by atoms with Crippen LogP contribution in [0, 0.1) is 62.6 Å². The number of hydrogen-bond acceptors (Lipinski definition) is 10. The minimum Gasteiger partial charge on any atom is -0.481 e. The van der Waals surface area contributed by atoms with Crippen LogP contribution in [0.1, 0.15) is 160 Å². The topological polar surface area (TPSA) is 189 Å². The first-order valence-electron chi connectivity index (χ1n) is 25.6. The van der Waals surface area contributed by atoms with Crippen molar-refractivity contribution in [3.05, 3.63) is 28.6 Å². The van der Waals surface area contributed by atoms with Crippen LogP contribution in [0.5, 0.6) is 0 Å². The van der Waals surface area contributed by atoms with Crippen molar-refractivity contribution in [2.75, 3.05) is 32.7 Å². The van der Waals surface area contributed by atoms with Crippen LogP contribution in [0.25, 0.3) is 0 Å². The van der Waals surface area contributed by atoms with E-state index in [9.17, 15) is 47.0 Å². The van der Waals surface area contributed by atoms with E-state index in [4.69, 9.17) is 4.74 Å². The second-order valence-electron chi connectivity index (χ2n) is 24.8. The Morgan fingerprint density at radius 1 is 0.855 bits per heavy atom. The zero-order chi connectivity index (χ0) is 50.2. The lowest BCUT2D eigenvalue weighted by Gasteiger charge is -2.72. The average molecular weight is 967 g/mol. The van der Waals surface area contributed by atoms with Gasteiger partial charge in [0.1, 0.15) is 17.3 Å². The van der Waals surface area contributed by atoms with Crippen molar-refractivity contribution >= 4 is 35.4 Å². The standard InChI is InChI=1S/C52H73F3N6O8/c1-28(2)39-33(62)26-51(58-44(68)50(18-19-50)57-41(64)32-25-36(52(53,54)55)59-61(32)38(63)27-60-22-20-56-21-23-60)17-16-48(8)29(40(39)51)10-11-35-47(7)14-13-37(46(5,6)34(47)12-15-49(35,48)9)69-43(67)31-24-30(42(65)66)45(31,3)4/h25,28-31,34-35,37,56H,10-24,26-27H2,1-9H3,(H,57,64)(H,58,68)(H,65,66)/t29-,30+,31-,34+,35-,37+,47+,48-,49-,51-/m1/s1. The first-order chi connectivity index (χ1) is 32.1. The predicted octanol–water partition coefficient (Wildman–Crippen LogP) is 7.22. The molecule has 2 heterocycles. The van der Waals surface area contributed by atoms with Crippen LogP contribution in [0.15, 0.2) is 17.2 Å². The summed E-state index contributed by atoms with van der Waals surface area (Å²) in [4.78, 5) is 83.9. The zero-order valence-corrected chi connectivity index (χ0v) is 41.9. The molecule has 6 saturated carbocycles. The van der Waals surface area contributed by atoms with E-state index in [0.717, 1.165) is 56.1 Å². The third kappa shape index (κ3) is 7.64. The molecule has 0 radical (unpaired) electrons. The van der Waals surface area contributed by atoms with Crippen molar-refractivity contribution in [3.8, 4) is 0 Å². The summed E-state index contributed by atoms with van der Waals surface area (Å²) in [5.41, 5.74) is -4.07. The summed E-state index contributed by atoms with van der Waals surface area (Å²) in [7, 11) is 0. The van der Waals surface area contributed by atoms with Gasteiger partial charge in [0, 0.05) is 44.1 Å². The predicted molar refractivity (Wildman–Crippen MR) is 247 cm³/mol. The van der Waals surface area contributed by atoms with E-state index in [2.05, 4.69) is 55.7 Å². The first-order valence-corrected chi connectivity index (χ1v) is 25.6. The van der Waals surface area contributed by atoms with Crippen molar-refractivity contribution in [1.82, 2.24) is 30.6 Å². The van der Waals surface area contributed by atoms with Gasteiger partial charge < -0.3 is 25.8 Å². The Bertz CT molecular complexity index is 2380. The van der Waals surface area contributed by atoms with Crippen LogP contribution in [0.2, 0.25) is 0 Å². The van der Waals surface area contributed by atoms with Crippen molar-refractivity contribution in [2.45, 2.75) is 163 Å². The third-order valence-electron chi connectivity index (χ3n) is 20.4. The molecule has 10 atom stereocenters. The highest BCUT2D eigenvalue weighted by atomic mass is 19.4. The molecule has 2 amide bonds. The number of Topliss-reactive ketones (excluding diaryl/α,β-unsaturated/α-hetero) is 1. The SMILES string of the molecule is CC(C)C1=C2[C@H]3CC[C@@H]4[C@@]5(C)CC[C@H](OC(=O)[C@H]6C[C@@H](C(=O)O)C6(C)C)C(C)(C)[C@@H]5CC[C@@]4(C)[C@]3(C)CC[C@@]2(NC(=O)C2(NC(=O)c3cc(C(F)(F)F)nn3C(=O)CN3CCNCC3)CC2)CC1=O. The maximum absolute atomic E-state index is 14.7. The van der Waals surface area contributed by atoms with Gasteiger partial charge in [-0.25, -0.2) is 0 Å². The number of piperazine rings is 1. The fraction of sp³-hybridized carbons (Fsp3) is 0.788. The van der Waals surface area contributed by atoms with Crippen LogP contribution in [-0.2, 0) is 30.1 Å². The summed E-state index contributed by atoms with van der Waals surface area (Å²) in [5.74, 6) is -3.97. The quantitative estimate of drug-likeness (QED) is 0.173. The smallest absolute Gasteiger partial charge is 0.435 e. The van der Waals surface area contributed by atoms with Gasteiger partial charge in [-0.3, -0.25) is 33.7 Å². The Hall–Kier alpha value is -4.12. The largest absolute Gasteiger partial charge is 0.481 e. The fourth-order valence-electron chi connectivity index (χ4n) is 16.1. The highest BCUT2D eigenvalue weighted by molar-refractivity contribution is 6.05. The number of halogens is 3. The molecule has 1 saturated heterocycles. The number of allylic oxidation sites excluding steroid dienone is 1. The number of ketones is 1. The van der Waals surface area contributed by atoms with Gasteiger partial charge in [0.15, 0.2) is 11.5 Å². The molecular formula is C52H73F3N6O8. The molecule has 380 valence electrons. The van der Waals surface area contributed by atoms with Crippen molar-refractivity contribution in [1.29, 1.82) is 0 Å². The lowest BCUT2D eigenvalue weighted by molar-refractivity contribution is -0.235. The Balaban J connectivity index is 0.945. The number of esters is 1. The van der Waals surface area contributed by atoms with Crippen molar-refractivity contribution in [2.24, 2.45) is 62.6 Å². The lowest BCUT2D eigenvalue weighted by atomic mass is 9.33. The van der Waals surface area contributed by atoms with E-state index >= 15 is 0 Å². The summed E-state index contributed by atoms with van der Waals surface area (Å²) < 4.78 is 48.9. The minimum atomic E-state index is -4.92. The number of ether oxygens (including phenoxy) is 1. The Morgan fingerprint density at radius 2 is 1.54 bits per heavy atom. The number of carboxylic acids is 1. The number of amides is 2. The number of nitrogens with zero attached hydrogens (tertiary/aromatic N) is 3. The van der Waals surface area contributed by atoms with E-state index in [0.29, 0.717) is 55.7 Å². The molecule has 8 aliphatic rings. The zero-order valence-electron chi connectivity index (χ0n) is 41.9. The number of hydrogen-bond donors (Lipinski definition) is 4. The summed E-state index contributed by atoms with van der Waals surface area (Å²) in [6.07, 6.45) is 2.16. The molecule has 7 fully saturated rings. The molecule has 14 nitrogen and oxygen atoms in total. The number of rotatable bonds is 10. The van der Waals surface area contributed by atoms with Gasteiger partial charge in [-0.1, -0.05) is 62.3 Å². The molecule has 0 bridgehead atoms. The molecular weight excluding hydrogens is 894 g/mol. The number of carboxylic acid groups (broad SMARTS) is 1. The Kier molecular flexibility index (Phi) is 11.9. The molecule has 1 aromatic heterocycles. The second-order valence-corrected chi connectivity index (χ2v) is 24.8. The van der Waals surface area contributed by atoms with Gasteiger partial charge >= 0.3 is 18.1 Å². The second kappa shape index (κ2) is 16.5. The Labute approximate surface area is 403 Å². The summed E-state index contributed by atoms with van der Waals surface area (Å²) in [6, 6.07) is 0.563. The lowest BCUT2D eigenvalue weighted by Crippen LogP contribution is -2.68. The monoisotopic (exact) mass is 967 g/mol. The molecule has 1 aromatic rings. The van der Waals surface area contributed by atoms with E-state index in [1.165, 1.54) is 0 Å². The normalized spacial score (nSPS) is 37.6. The third-order valence-corrected chi connectivity index (χ3v) is 20.4. The van der Waals surface area contributed by atoms with Gasteiger partial charge in [0.25, 0.3) is 11.8 Å². The van der Waals surface area contributed by atoms with Gasteiger partial charge in [0.05, 0.1) is 23.9 Å². The van der Waals surface area contributed by atoms with E-state index in [1.807, 2.05) is 27.7 Å². The molecule has 0 unspecified atom stereocenters. The Morgan fingerprint density at radius 3 is 2.14 bits per heavy atom. The van der Waals surface area contributed by atoms with Crippen LogP contribution in [0.4, 0.5) is 13.2 Å². The number of fused-ring (bicyclic) bond motifs is 7. The number of carbonyl (C=O) groups excluding carboxylic acids is 5. The van der Waals surface area contributed by atoms with Crippen molar-refractivity contribution < 1.29 is 51.8 Å². The number of aliphatic carboxylic acids is 1. The number of nitrogens with one attached hydrogen (secondary N) is 3. The average Bonchev–Trinajstić information content (AvgIpc) is 3.76. The van der Waals surface area contributed by atoms with Crippen LogP contribution < -0.4 is 16.0 Å². The maximum atomic E-state index is 14.7. The van der Waals surface area contributed by atoms with Gasteiger partial charge in [-0.05, 0) is 127 Å². The molecule has 0 spiro atoms. The summed E-state index contributed by atoms with van der Waals surface area (Å²) >= 11 is 0. The van der Waals surface area contributed by atoms with Crippen LogP contribution in [-0.4, -0.2) is 105 Å². The van der Waals surface area contributed by atoms with Crippen molar-refractivity contribution in [3.63, 3.8) is 0 Å². The highest BCUT2D eigenvalue weighted by Crippen LogP contribution is 2.76. The van der Waals surface area contributed by atoms with Gasteiger partial charge in [-0.15, -0.1) is 0 Å². The number of aromatic nitrogens is 2. The molecule has 0 aromatic carbocycles. The number of carbonyl (C=O) groups is 6. The van der Waals surface area contributed by atoms with E-state index in [1.54, 1.807) is 4.90 Å². The molecule has 4 N–H and O–H groups in total. The fourth-order valence-corrected chi connectivity index (χ4v) is 16.1. The van der Waals surface area contributed by atoms with Gasteiger partial charge in [0.2, 0.25) is 5.91 Å². The molecule has 69 heavy (non-hydrogen) atoms. The molecule has 17 heteroatoms. The van der Waals surface area contributed by atoms with Crippen LogP contribution in [0.3, 0.4) is 0 Å². The minimum absolute atomic E-state index is 0.00588. The summed E-state index contributed by atoms with van der Waals surface area (Å²) in [5, 5.41) is 22.5. The molecule has 9 rings (SSSR count). The van der Waals surface area contributed by atoms with E-state index < -0.39 is 69.6 Å². The maximum Gasteiger partial charge on any atom is 0.435 e. The van der Waals surface area contributed by atoms with Crippen LogP contribution >= 0.6 is 0 Å². The first kappa shape index (κ1) is 49.8. The van der Waals surface area contributed by atoms with Gasteiger partial charge in [-0.2, -0.15) is 23.0 Å². The summed E-state index contributed by atoms with van der Waals surface area (Å²) in [6.45, 7) is 21.5.